The molecule has 1 aromatic heterocycles. The molecule has 0 spiro atoms. The maximum Gasteiger partial charge on any atom is 0.221 e. The highest BCUT2D eigenvalue weighted by Gasteiger charge is 2.06. The number of pyridine rings is 1. The van der Waals surface area contributed by atoms with Crippen molar-refractivity contribution in [1.29, 1.82) is 0 Å². The van der Waals surface area contributed by atoms with Gasteiger partial charge in [0, 0.05) is 33.6 Å². The van der Waals surface area contributed by atoms with Gasteiger partial charge < -0.3 is 10.5 Å². The summed E-state index contributed by atoms with van der Waals surface area (Å²) in [4.78, 5) is 4.33. The summed E-state index contributed by atoms with van der Waals surface area (Å²) in [5.41, 5.74) is 7.83. The van der Waals surface area contributed by atoms with E-state index in [-0.39, 0.29) is 0 Å². The van der Waals surface area contributed by atoms with Crippen LogP contribution in [-0.2, 0) is 6.42 Å². The molecule has 0 unspecified atom stereocenters. The Morgan fingerprint density at radius 1 is 1.00 bits per heavy atom. The summed E-state index contributed by atoms with van der Waals surface area (Å²) < 4.78 is 6.89. The smallest absolute Gasteiger partial charge is 0.221 e. The van der Waals surface area contributed by atoms with Crippen LogP contribution < -0.4 is 10.5 Å². The molecule has 0 radical (unpaired) electrons. The van der Waals surface area contributed by atoms with Crippen LogP contribution in [0.25, 0.3) is 10.8 Å². The molecule has 3 rings (SSSR count). The van der Waals surface area contributed by atoms with Gasteiger partial charge in [0.05, 0.1) is 6.61 Å². The number of hydrogen-bond acceptors (Lipinski definition) is 3. The standard InChI is InChI=1S/C17H15BrN2O/c18-15-6-3-5-14-13(15)8-10-20-17(14)21-11-9-12-4-1-2-7-16(12)19/h1-8,10H,9,11,19H2. The molecular formula is C17H15BrN2O. The van der Waals surface area contributed by atoms with Crippen LogP contribution in [0.15, 0.2) is 59.2 Å². The third-order valence-electron chi connectivity index (χ3n) is 3.38. The van der Waals surface area contributed by atoms with Crippen molar-refractivity contribution in [2.45, 2.75) is 6.42 Å². The van der Waals surface area contributed by atoms with Crippen LogP contribution in [0.3, 0.4) is 0 Å². The first kappa shape index (κ1) is 13.9. The van der Waals surface area contributed by atoms with Gasteiger partial charge in [-0.1, -0.05) is 40.2 Å². The lowest BCUT2D eigenvalue weighted by molar-refractivity contribution is 0.314. The van der Waals surface area contributed by atoms with Crippen LogP contribution in [0.4, 0.5) is 5.69 Å². The number of benzene rings is 2. The number of halogens is 1. The molecule has 0 fully saturated rings. The summed E-state index contributed by atoms with van der Waals surface area (Å²) in [6.07, 6.45) is 2.53. The van der Waals surface area contributed by atoms with Crippen molar-refractivity contribution in [1.82, 2.24) is 4.98 Å². The molecule has 0 bridgehead atoms. The fourth-order valence-corrected chi connectivity index (χ4v) is 2.77. The molecule has 106 valence electrons. The first-order valence-corrected chi connectivity index (χ1v) is 7.54. The number of nitrogen functional groups attached to an aromatic ring is 1. The van der Waals surface area contributed by atoms with E-state index < -0.39 is 0 Å². The minimum Gasteiger partial charge on any atom is -0.477 e. The highest BCUT2D eigenvalue weighted by Crippen LogP contribution is 2.29. The van der Waals surface area contributed by atoms with Crippen LogP contribution in [-0.4, -0.2) is 11.6 Å². The van der Waals surface area contributed by atoms with Gasteiger partial charge in [0.15, 0.2) is 0 Å². The average Bonchev–Trinajstić information content (AvgIpc) is 2.50. The van der Waals surface area contributed by atoms with E-state index in [1.807, 2.05) is 48.5 Å². The van der Waals surface area contributed by atoms with Crippen molar-refractivity contribution >= 4 is 32.4 Å². The van der Waals surface area contributed by atoms with Crippen LogP contribution in [0.1, 0.15) is 5.56 Å². The molecular weight excluding hydrogens is 328 g/mol. The SMILES string of the molecule is Nc1ccccc1CCOc1nccc2c(Br)cccc12. The maximum absolute atomic E-state index is 5.93. The van der Waals surface area contributed by atoms with Gasteiger partial charge >= 0.3 is 0 Å². The molecule has 0 atom stereocenters. The second-order valence-corrected chi connectivity index (χ2v) is 5.60. The van der Waals surface area contributed by atoms with E-state index in [4.69, 9.17) is 10.5 Å². The molecule has 0 aliphatic heterocycles. The highest BCUT2D eigenvalue weighted by atomic mass is 79.9. The Morgan fingerprint density at radius 3 is 2.71 bits per heavy atom. The fourth-order valence-electron chi connectivity index (χ4n) is 2.28. The largest absolute Gasteiger partial charge is 0.477 e. The number of fused-ring (bicyclic) bond motifs is 1. The molecule has 0 aliphatic carbocycles. The zero-order valence-corrected chi connectivity index (χ0v) is 13.0. The van der Waals surface area contributed by atoms with Crippen molar-refractivity contribution in [2.75, 3.05) is 12.3 Å². The Labute approximate surface area is 131 Å². The first-order chi connectivity index (χ1) is 10.3. The van der Waals surface area contributed by atoms with E-state index in [0.29, 0.717) is 12.5 Å². The number of aromatic nitrogens is 1. The van der Waals surface area contributed by atoms with Gasteiger partial charge in [-0.3, -0.25) is 0 Å². The lowest BCUT2D eigenvalue weighted by Crippen LogP contribution is -2.05. The molecule has 2 aromatic carbocycles. The predicted molar refractivity (Wildman–Crippen MR) is 89.5 cm³/mol. The van der Waals surface area contributed by atoms with Crippen molar-refractivity contribution < 1.29 is 4.74 Å². The molecule has 21 heavy (non-hydrogen) atoms. The normalized spacial score (nSPS) is 10.7. The highest BCUT2D eigenvalue weighted by molar-refractivity contribution is 9.10. The number of para-hydroxylation sites is 1. The van der Waals surface area contributed by atoms with Crippen molar-refractivity contribution in [3.8, 4) is 5.88 Å². The van der Waals surface area contributed by atoms with Crippen LogP contribution in [0, 0.1) is 0 Å². The summed E-state index contributed by atoms with van der Waals surface area (Å²) in [6.45, 7) is 0.548. The van der Waals surface area contributed by atoms with Gasteiger partial charge in [-0.05, 0) is 29.8 Å². The first-order valence-electron chi connectivity index (χ1n) is 6.75. The predicted octanol–water partition coefficient (Wildman–Crippen LogP) is 4.20. The van der Waals surface area contributed by atoms with Crippen molar-refractivity contribution in [3.05, 3.63) is 64.8 Å². The van der Waals surface area contributed by atoms with Gasteiger partial charge in [-0.2, -0.15) is 0 Å². The topological polar surface area (TPSA) is 48.1 Å². The Hall–Kier alpha value is -2.07. The van der Waals surface area contributed by atoms with Crippen molar-refractivity contribution in [3.63, 3.8) is 0 Å². The number of rotatable bonds is 4. The van der Waals surface area contributed by atoms with E-state index in [0.717, 1.165) is 32.9 Å². The van der Waals surface area contributed by atoms with Gasteiger partial charge in [0.2, 0.25) is 5.88 Å². The van der Waals surface area contributed by atoms with E-state index >= 15 is 0 Å². The zero-order valence-electron chi connectivity index (χ0n) is 11.4. The summed E-state index contributed by atoms with van der Waals surface area (Å²) in [7, 11) is 0. The monoisotopic (exact) mass is 342 g/mol. The molecule has 3 aromatic rings. The number of hydrogen-bond donors (Lipinski definition) is 1. The lowest BCUT2D eigenvalue weighted by Gasteiger charge is -2.10. The summed E-state index contributed by atoms with van der Waals surface area (Å²) in [5.74, 6) is 0.656. The Bertz CT molecular complexity index is 774. The quantitative estimate of drug-likeness (QED) is 0.722. The molecule has 0 amide bonds. The molecule has 3 nitrogen and oxygen atoms in total. The van der Waals surface area contributed by atoms with Gasteiger partial charge in [0.1, 0.15) is 0 Å². The van der Waals surface area contributed by atoms with Gasteiger partial charge in [0.25, 0.3) is 0 Å². The number of anilines is 1. The second kappa shape index (κ2) is 6.14. The van der Waals surface area contributed by atoms with E-state index in [9.17, 15) is 0 Å². The van der Waals surface area contributed by atoms with E-state index in [2.05, 4.69) is 20.9 Å². The molecule has 0 saturated carbocycles. The molecule has 0 aliphatic rings. The van der Waals surface area contributed by atoms with Gasteiger partial charge in [-0.15, -0.1) is 0 Å². The summed E-state index contributed by atoms with van der Waals surface area (Å²) >= 11 is 3.55. The number of nitrogens with two attached hydrogens (primary N) is 1. The van der Waals surface area contributed by atoms with Crippen LogP contribution in [0.2, 0.25) is 0 Å². The molecule has 4 heteroatoms. The minimum atomic E-state index is 0.548. The fraction of sp³-hybridized carbons (Fsp3) is 0.118. The Kier molecular flexibility index (Phi) is 4.06. The van der Waals surface area contributed by atoms with E-state index in [1.165, 1.54) is 0 Å². The summed E-state index contributed by atoms with van der Waals surface area (Å²) in [5, 5.41) is 2.11. The van der Waals surface area contributed by atoms with E-state index in [1.54, 1.807) is 6.20 Å². The third kappa shape index (κ3) is 3.00. The average molecular weight is 343 g/mol. The van der Waals surface area contributed by atoms with Crippen LogP contribution in [0.5, 0.6) is 5.88 Å². The lowest BCUT2D eigenvalue weighted by atomic mass is 10.1. The third-order valence-corrected chi connectivity index (χ3v) is 4.07. The Morgan fingerprint density at radius 2 is 1.86 bits per heavy atom. The Balaban J connectivity index is 1.77. The molecule has 0 saturated heterocycles. The number of nitrogens with zero attached hydrogens (tertiary/aromatic N) is 1. The maximum atomic E-state index is 5.93. The minimum absolute atomic E-state index is 0.548. The number of ether oxygens (including phenoxy) is 1. The van der Waals surface area contributed by atoms with Gasteiger partial charge in [-0.25, -0.2) is 4.98 Å². The van der Waals surface area contributed by atoms with Crippen molar-refractivity contribution in [2.24, 2.45) is 0 Å². The summed E-state index contributed by atoms with van der Waals surface area (Å²) in [6, 6.07) is 15.8. The second-order valence-electron chi connectivity index (χ2n) is 4.75. The zero-order chi connectivity index (χ0) is 14.7. The molecule has 2 N–H and O–H groups in total. The van der Waals surface area contributed by atoms with Crippen LogP contribution >= 0.6 is 15.9 Å². The molecule has 1 heterocycles.